The number of carbonyl (C=O) groups excluding carboxylic acids is 3. The predicted molar refractivity (Wildman–Crippen MR) is 140 cm³/mol. The molecule has 0 unspecified atom stereocenters. The van der Waals surface area contributed by atoms with Crippen LogP contribution in [0.3, 0.4) is 0 Å². The normalized spacial score (nSPS) is 12.4. The number of tetrazole rings is 1. The lowest BCUT2D eigenvalue weighted by molar-refractivity contribution is -0.155. The molecule has 0 spiro atoms. The zero-order chi connectivity index (χ0) is 30.5. The second-order valence-electron chi connectivity index (χ2n) is 10.9. The molecule has 3 aromatic rings. The molecule has 3 N–H and O–H groups in total. The molecule has 0 saturated heterocycles. The van der Waals surface area contributed by atoms with Gasteiger partial charge in [0.1, 0.15) is 22.8 Å². The van der Waals surface area contributed by atoms with Crippen molar-refractivity contribution in [2.45, 2.75) is 71.8 Å². The number of primary amides is 1. The first-order valence-electron chi connectivity index (χ1n) is 12.4. The average Bonchev–Trinajstić information content (AvgIpc) is 3.25. The molecule has 0 aliphatic rings. The van der Waals surface area contributed by atoms with Gasteiger partial charge in [0, 0.05) is 12.3 Å². The van der Waals surface area contributed by atoms with Crippen LogP contribution in [0.25, 0.3) is 11.4 Å². The molecule has 0 radical (unpaired) electrons. The molecular weight excluding hydrogens is 544 g/mol. The molecule has 15 heteroatoms. The quantitative estimate of drug-likeness (QED) is 0.359. The van der Waals surface area contributed by atoms with E-state index in [1.165, 1.54) is 12.1 Å². The Morgan fingerprint density at radius 1 is 1.02 bits per heavy atom. The number of ether oxygens (including phenoxy) is 3. The number of nitrogens with one attached hydrogen (secondary N) is 1. The number of nitrogens with two attached hydrogens (primary N) is 1. The van der Waals surface area contributed by atoms with Crippen LogP contribution < -0.4 is 15.8 Å². The summed E-state index contributed by atoms with van der Waals surface area (Å²) in [7, 11) is 0. The molecule has 2 amide bonds. The molecule has 0 bridgehead atoms. The van der Waals surface area contributed by atoms with E-state index in [9.17, 15) is 23.2 Å². The molecule has 2 aromatic heterocycles. The number of amides is 2. The number of rotatable bonds is 9. The van der Waals surface area contributed by atoms with Crippen LogP contribution in [0.1, 0.15) is 58.3 Å². The Kier molecular flexibility index (Phi) is 9.20. The third-order valence-electron chi connectivity index (χ3n) is 4.88. The highest BCUT2D eigenvalue weighted by atomic mass is 19.1. The van der Waals surface area contributed by atoms with Gasteiger partial charge in [-0.2, -0.15) is 4.80 Å². The van der Waals surface area contributed by atoms with Crippen molar-refractivity contribution in [3.63, 3.8) is 0 Å². The van der Waals surface area contributed by atoms with Crippen LogP contribution in [0, 0.1) is 11.6 Å². The van der Waals surface area contributed by atoms with E-state index in [4.69, 9.17) is 19.9 Å². The summed E-state index contributed by atoms with van der Waals surface area (Å²) in [5, 5.41) is 14.5. The average molecular weight is 576 g/mol. The SMILES string of the molecule is CC(C)(C)OC(=O)C[C@@H](Cn1nnc(-c2ccc(Oc3ncc(C(N)=O)cc3F)cc2F)n1)NC(=O)OC(C)(C)C. The summed E-state index contributed by atoms with van der Waals surface area (Å²) in [4.78, 5) is 40.7. The van der Waals surface area contributed by atoms with E-state index in [1.54, 1.807) is 41.5 Å². The third-order valence-corrected chi connectivity index (χ3v) is 4.88. The van der Waals surface area contributed by atoms with E-state index in [0.717, 1.165) is 23.1 Å². The Labute approximate surface area is 234 Å². The number of esters is 1. The van der Waals surface area contributed by atoms with Crippen molar-refractivity contribution in [3.05, 3.63) is 47.7 Å². The maximum Gasteiger partial charge on any atom is 0.407 e. The van der Waals surface area contributed by atoms with Gasteiger partial charge in [0.25, 0.3) is 5.88 Å². The van der Waals surface area contributed by atoms with E-state index in [-0.39, 0.29) is 35.7 Å². The summed E-state index contributed by atoms with van der Waals surface area (Å²) in [5.41, 5.74) is 3.37. The molecule has 13 nitrogen and oxygen atoms in total. The highest BCUT2D eigenvalue weighted by molar-refractivity contribution is 5.92. The van der Waals surface area contributed by atoms with Crippen molar-refractivity contribution < 1.29 is 37.4 Å². The van der Waals surface area contributed by atoms with Gasteiger partial charge >= 0.3 is 12.1 Å². The highest BCUT2D eigenvalue weighted by Gasteiger charge is 2.26. The molecule has 0 saturated carbocycles. The van der Waals surface area contributed by atoms with Crippen molar-refractivity contribution in [2.24, 2.45) is 5.73 Å². The molecule has 220 valence electrons. The van der Waals surface area contributed by atoms with E-state index >= 15 is 0 Å². The van der Waals surface area contributed by atoms with Crippen molar-refractivity contribution >= 4 is 18.0 Å². The number of hydrogen-bond donors (Lipinski definition) is 2. The zero-order valence-electron chi connectivity index (χ0n) is 23.4. The first kappa shape index (κ1) is 30.8. The molecule has 0 fully saturated rings. The van der Waals surface area contributed by atoms with Gasteiger partial charge in [0.2, 0.25) is 11.7 Å². The number of halogens is 2. The predicted octanol–water partition coefficient (Wildman–Crippen LogP) is 3.53. The van der Waals surface area contributed by atoms with Gasteiger partial charge < -0.3 is 25.3 Å². The minimum Gasteiger partial charge on any atom is -0.460 e. The summed E-state index contributed by atoms with van der Waals surface area (Å²) in [6, 6.07) is 3.60. The summed E-state index contributed by atoms with van der Waals surface area (Å²) in [6.07, 6.45) is 0.0449. The van der Waals surface area contributed by atoms with Crippen LogP contribution in [0.5, 0.6) is 11.6 Å². The topological polar surface area (TPSA) is 173 Å². The lowest BCUT2D eigenvalue weighted by Gasteiger charge is -2.24. The Hall–Kier alpha value is -4.69. The molecule has 0 aliphatic carbocycles. The van der Waals surface area contributed by atoms with E-state index in [1.807, 2.05) is 0 Å². The molecule has 0 aliphatic heterocycles. The number of pyridine rings is 1. The number of aromatic nitrogens is 5. The van der Waals surface area contributed by atoms with E-state index in [0.29, 0.717) is 0 Å². The Morgan fingerprint density at radius 3 is 2.29 bits per heavy atom. The summed E-state index contributed by atoms with van der Waals surface area (Å²) in [5.74, 6) is -3.89. The number of nitrogens with zero attached hydrogens (tertiary/aromatic N) is 5. The monoisotopic (exact) mass is 575 g/mol. The molecule has 2 heterocycles. The summed E-state index contributed by atoms with van der Waals surface area (Å²) < 4.78 is 45.0. The van der Waals surface area contributed by atoms with Gasteiger partial charge in [0.05, 0.1) is 30.1 Å². The number of carbonyl (C=O) groups is 3. The lowest BCUT2D eigenvalue weighted by Crippen LogP contribution is -2.43. The molecule has 1 aromatic carbocycles. The Bertz CT molecular complexity index is 1400. The summed E-state index contributed by atoms with van der Waals surface area (Å²) >= 11 is 0. The van der Waals surface area contributed by atoms with Gasteiger partial charge in [-0.3, -0.25) is 9.59 Å². The van der Waals surface area contributed by atoms with Crippen molar-refractivity contribution in [2.75, 3.05) is 0 Å². The Morgan fingerprint density at radius 2 is 1.71 bits per heavy atom. The highest BCUT2D eigenvalue weighted by Crippen LogP contribution is 2.27. The van der Waals surface area contributed by atoms with Crippen LogP contribution in [0.15, 0.2) is 30.5 Å². The van der Waals surface area contributed by atoms with Crippen molar-refractivity contribution in [1.82, 2.24) is 30.5 Å². The van der Waals surface area contributed by atoms with Crippen molar-refractivity contribution in [3.8, 4) is 23.0 Å². The molecule has 3 rings (SSSR count). The molecular formula is C26H31F2N7O6. The van der Waals surface area contributed by atoms with Crippen LogP contribution in [0.4, 0.5) is 13.6 Å². The first-order valence-corrected chi connectivity index (χ1v) is 12.4. The van der Waals surface area contributed by atoms with Crippen LogP contribution in [-0.2, 0) is 20.8 Å². The van der Waals surface area contributed by atoms with Gasteiger partial charge in [-0.15, -0.1) is 10.2 Å². The number of benzene rings is 1. The van der Waals surface area contributed by atoms with Gasteiger partial charge in [-0.1, -0.05) is 0 Å². The third kappa shape index (κ3) is 9.47. The number of hydrogen-bond acceptors (Lipinski definition) is 10. The first-order chi connectivity index (χ1) is 19.0. The minimum absolute atomic E-state index is 0.0510. The maximum absolute atomic E-state index is 14.9. The largest absolute Gasteiger partial charge is 0.460 e. The fourth-order valence-corrected chi connectivity index (χ4v) is 3.33. The second-order valence-corrected chi connectivity index (χ2v) is 10.9. The lowest BCUT2D eigenvalue weighted by atomic mass is 10.1. The fourth-order valence-electron chi connectivity index (χ4n) is 3.33. The summed E-state index contributed by atoms with van der Waals surface area (Å²) in [6.45, 7) is 10.1. The smallest absolute Gasteiger partial charge is 0.407 e. The van der Waals surface area contributed by atoms with Crippen LogP contribution >= 0.6 is 0 Å². The van der Waals surface area contributed by atoms with Gasteiger partial charge in [-0.05, 0) is 65.0 Å². The standard InChI is InChI=1S/C26H31F2N7O6/c1-25(2,3)40-20(36)10-15(31-24(38)41-26(4,5)6)13-35-33-22(32-34-35)17-8-7-16(11-18(17)27)39-23-19(28)9-14(12-30-23)21(29)37/h7-9,11-12,15H,10,13H2,1-6H3,(H2,29,37)(H,31,38)/t15-/m0/s1. The van der Waals surface area contributed by atoms with Gasteiger partial charge in [-0.25, -0.2) is 18.6 Å². The maximum atomic E-state index is 14.9. The number of alkyl carbamates (subject to hydrolysis) is 1. The molecule has 41 heavy (non-hydrogen) atoms. The van der Waals surface area contributed by atoms with E-state index < -0.39 is 52.7 Å². The minimum atomic E-state index is -0.962. The Balaban J connectivity index is 1.75. The van der Waals surface area contributed by atoms with Crippen molar-refractivity contribution in [1.29, 1.82) is 0 Å². The fraction of sp³-hybridized carbons (Fsp3) is 0.423. The second kappa shape index (κ2) is 12.2. The van der Waals surface area contributed by atoms with Crippen LogP contribution in [-0.4, -0.2) is 60.4 Å². The van der Waals surface area contributed by atoms with Gasteiger partial charge in [0.15, 0.2) is 5.82 Å². The zero-order valence-corrected chi connectivity index (χ0v) is 23.4. The van der Waals surface area contributed by atoms with E-state index in [2.05, 4.69) is 25.7 Å². The molecule has 1 atom stereocenters. The van der Waals surface area contributed by atoms with Crippen LogP contribution in [0.2, 0.25) is 0 Å².